The number of rotatable bonds is 6. The van der Waals surface area contributed by atoms with Gasteiger partial charge < -0.3 is 21.3 Å². The summed E-state index contributed by atoms with van der Waals surface area (Å²) in [6.45, 7) is 4.18. The normalized spacial score (nSPS) is 28.8. The molecule has 2 saturated heterocycles. The molecule has 0 aromatic carbocycles. The Balaban J connectivity index is 2.02. The van der Waals surface area contributed by atoms with Crippen molar-refractivity contribution < 1.29 is 24.2 Å². The van der Waals surface area contributed by atoms with Gasteiger partial charge in [0, 0.05) is 19.8 Å². The molecule has 0 spiro atoms. The van der Waals surface area contributed by atoms with Gasteiger partial charge in [0.15, 0.2) is 0 Å². The minimum Gasteiger partial charge on any atom is -0.384 e. The van der Waals surface area contributed by atoms with E-state index in [-0.39, 0.29) is 32.0 Å². The molecule has 1 aromatic heterocycles. The molecule has 0 bridgehead atoms. The SMILES string of the molecule is CC(C)(O)c1cnnn1C1CC(C(N)=O)N([C@@]2(C(=O)C(N)=O)CCCOCC2)C1. The number of aromatic nitrogens is 3. The van der Waals surface area contributed by atoms with Crippen molar-refractivity contribution in [3.05, 3.63) is 11.9 Å². The molecule has 29 heavy (non-hydrogen) atoms. The van der Waals surface area contributed by atoms with E-state index in [1.165, 1.54) is 6.20 Å². The van der Waals surface area contributed by atoms with Crippen LogP contribution in [0.2, 0.25) is 0 Å². The number of ether oxygens (including phenoxy) is 1. The number of Topliss-reactive ketones (excluding diaryl/α,β-unsaturated/α-hetero) is 1. The first-order valence-electron chi connectivity index (χ1n) is 9.69. The lowest BCUT2D eigenvalue weighted by Crippen LogP contribution is -2.62. The molecule has 0 saturated carbocycles. The smallest absolute Gasteiger partial charge is 0.286 e. The Bertz CT molecular complexity index is 793. The van der Waals surface area contributed by atoms with E-state index < -0.39 is 34.8 Å². The number of carbonyl (C=O) groups is 3. The van der Waals surface area contributed by atoms with Crippen LogP contribution in [0.5, 0.6) is 0 Å². The number of nitrogens with zero attached hydrogens (tertiary/aromatic N) is 4. The van der Waals surface area contributed by atoms with Gasteiger partial charge in [-0.15, -0.1) is 5.10 Å². The van der Waals surface area contributed by atoms with Crippen molar-refractivity contribution in [1.29, 1.82) is 0 Å². The van der Waals surface area contributed by atoms with Gasteiger partial charge in [0.1, 0.15) is 5.60 Å². The molecule has 5 N–H and O–H groups in total. The first-order valence-corrected chi connectivity index (χ1v) is 9.69. The van der Waals surface area contributed by atoms with Crippen LogP contribution in [0.25, 0.3) is 0 Å². The van der Waals surface area contributed by atoms with Gasteiger partial charge in [-0.1, -0.05) is 5.21 Å². The van der Waals surface area contributed by atoms with Gasteiger partial charge in [-0.2, -0.15) is 0 Å². The number of nitrogens with two attached hydrogens (primary N) is 2. The number of hydrogen-bond acceptors (Lipinski definition) is 8. The Morgan fingerprint density at radius 2 is 2.00 bits per heavy atom. The van der Waals surface area contributed by atoms with Gasteiger partial charge >= 0.3 is 0 Å². The summed E-state index contributed by atoms with van der Waals surface area (Å²) in [7, 11) is 0. The molecule has 3 atom stereocenters. The molecular formula is C18H28N6O5. The summed E-state index contributed by atoms with van der Waals surface area (Å²) in [5.74, 6) is -2.38. The zero-order valence-corrected chi connectivity index (χ0v) is 16.7. The van der Waals surface area contributed by atoms with Crippen LogP contribution in [0.1, 0.15) is 51.3 Å². The Kier molecular flexibility index (Phi) is 5.74. The highest BCUT2D eigenvalue weighted by atomic mass is 16.5. The van der Waals surface area contributed by atoms with Gasteiger partial charge in [-0.05, 0) is 39.5 Å². The molecule has 2 fully saturated rings. The quantitative estimate of drug-likeness (QED) is 0.483. The highest BCUT2D eigenvalue weighted by Gasteiger charge is 2.54. The van der Waals surface area contributed by atoms with Crippen molar-refractivity contribution in [3.8, 4) is 0 Å². The third-order valence-electron chi connectivity index (χ3n) is 5.89. The molecule has 3 rings (SSSR count). The number of hydrogen-bond donors (Lipinski definition) is 3. The van der Waals surface area contributed by atoms with Gasteiger partial charge in [0.25, 0.3) is 5.91 Å². The number of carbonyl (C=O) groups excluding carboxylic acids is 3. The zero-order valence-electron chi connectivity index (χ0n) is 16.7. The molecule has 0 radical (unpaired) electrons. The van der Waals surface area contributed by atoms with Gasteiger partial charge in [-0.25, -0.2) is 4.68 Å². The molecule has 11 nitrogen and oxygen atoms in total. The van der Waals surface area contributed by atoms with Gasteiger partial charge in [0.2, 0.25) is 11.7 Å². The summed E-state index contributed by atoms with van der Waals surface area (Å²) in [6, 6.07) is -1.15. The van der Waals surface area contributed by atoms with Crippen LogP contribution in [-0.2, 0) is 24.7 Å². The second kappa shape index (κ2) is 7.81. The molecule has 160 valence electrons. The predicted molar refractivity (Wildman–Crippen MR) is 100 cm³/mol. The average Bonchev–Trinajstić information content (AvgIpc) is 3.23. The van der Waals surface area contributed by atoms with Crippen LogP contribution in [0.4, 0.5) is 0 Å². The highest BCUT2D eigenvalue weighted by molar-refractivity contribution is 6.39. The lowest BCUT2D eigenvalue weighted by molar-refractivity contribution is -0.146. The van der Waals surface area contributed by atoms with Crippen LogP contribution in [0.15, 0.2) is 6.20 Å². The van der Waals surface area contributed by atoms with Crippen molar-refractivity contribution in [1.82, 2.24) is 19.9 Å². The van der Waals surface area contributed by atoms with E-state index in [0.29, 0.717) is 25.1 Å². The summed E-state index contributed by atoms with van der Waals surface area (Å²) < 4.78 is 7.05. The summed E-state index contributed by atoms with van der Waals surface area (Å²) in [4.78, 5) is 38.8. The fourth-order valence-electron chi connectivity index (χ4n) is 4.49. The predicted octanol–water partition coefficient (Wildman–Crippen LogP) is -1.40. The lowest BCUT2D eigenvalue weighted by atomic mass is 9.83. The first-order chi connectivity index (χ1) is 13.6. The lowest BCUT2D eigenvalue weighted by Gasteiger charge is -2.41. The third kappa shape index (κ3) is 3.89. The monoisotopic (exact) mass is 408 g/mol. The standard InChI is InChI=1S/C18H28N6O5/c1-17(2,28)13-9-21-22-24(13)11-8-12(15(19)26)23(10-11)18(14(25)16(20)27)4-3-6-29-7-5-18/h9,11-12,28H,3-8,10H2,1-2H3,(H2,19,26)(H2,20,27)/t11?,12?,18-/m0/s1. The van der Waals surface area contributed by atoms with E-state index in [9.17, 15) is 19.5 Å². The number of likely N-dealkylation sites (tertiary alicyclic amines) is 1. The van der Waals surface area contributed by atoms with Crippen molar-refractivity contribution >= 4 is 17.6 Å². The largest absolute Gasteiger partial charge is 0.384 e. The van der Waals surface area contributed by atoms with Crippen molar-refractivity contribution in [2.24, 2.45) is 11.5 Å². The van der Waals surface area contributed by atoms with Crippen molar-refractivity contribution in [3.63, 3.8) is 0 Å². The molecule has 2 aliphatic rings. The fraction of sp³-hybridized carbons (Fsp3) is 0.722. The van der Waals surface area contributed by atoms with E-state index >= 15 is 0 Å². The maximum Gasteiger partial charge on any atom is 0.286 e. The zero-order chi connectivity index (χ0) is 21.4. The van der Waals surface area contributed by atoms with E-state index in [4.69, 9.17) is 16.2 Å². The second-order valence-corrected chi connectivity index (χ2v) is 8.27. The van der Waals surface area contributed by atoms with Crippen LogP contribution in [0, 0.1) is 0 Å². The van der Waals surface area contributed by atoms with Gasteiger partial charge in [0.05, 0.1) is 29.5 Å². The van der Waals surface area contributed by atoms with E-state index in [2.05, 4.69) is 10.3 Å². The fourth-order valence-corrected chi connectivity index (χ4v) is 4.49. The summed E-state index contributed by atoms with van der Waals surface area (Å²) in [6.07, 6.45) is 2.86. The molecule has 2 unspecified atom stereocenters. The molecule has 2 amide bonds. The van der Waals surface area contributed by atoms with Crippen molar-refractivity contribution in [2.45, 2.75) is 62.8 Å². The Hall–Kier alpha value is -2.37. The average molecular weight is 408 g/mol. The number of amides is 2. The minimum absolute atomic E-state index is 0.235. The third-order valence-corrected chi connectivity index (χ3v) is 5.89. The Morgan fingerprint density at radius 3 is 2.62 bits per heavy atom. The van der Waals surface area contributed by atoms with E-state index in [1.54, 1.807) is 23.4 Å². The Labute approximate surface area is 168 Å². The van der Waals surface area contributed by atoms with Gasteiger partial charge in [-0.3, -0.25) is 19.3 Å². The van der Waals surface area contributed by atoms with Crippen LogP contribution >= 0.6 is 0 Å². The van der Waals surface area contributed by atoms with E-state index in [0.717, 1.165) is 0 Å². The van der Waals surface area contributed by atoms with E-state index in [1.807, 2.05) is 0 Å². The maximum absolute atomic E-state index is 12.9. The van der Waals surface area contributed by atoms with Crippen molar-refractivity contribution in [2.75, 3.05) is 19.8 Å². The number of primary amides is 2. The molecule has 2 aliphatic heterocycles. The summed E-state index contributed by atoms with van der Waals surface area (Å²) >= 11 is 0. The Morgan fingerprint density at radius 1 is 1.28 bits per heavy atom. The minimum atomic E-state index is -1.26. The summed E-state index contributed by atoms with van der Waals surface area (Å²) in [5, 5.41) is 18.4. The molecule has 11 heteroatoms. The topological polar surface area (TPSA) is 167 Å². The number of aliphatic hydroxyl groups is 1. The number of ketones is 1. The first kappa shape index (κ1) is 21.3. The molecular weight excluding hydrogens is 380 g/mol. The maximum atomic E-state index is 12.9. The second-order valence-electron chi connectivity index (χ2n) is 8.27. The molecule has 0 aliphatic carbocycles. The molecule has 3 heterocycles. The highest BCUT2D eigenvalue weighted by Crippen LogP contribution is 2.40. The van der Waals surface area contributed by atoms with Crippen LogP contribution in [0.3, 0.4) is 0 Å². The molecule has 1 aromatic rings. The van der Waals surface area contributed by atoms with Crippen LogP contribution < -0.4 is 11.5 Å². The van der Waals surface area contributed by atoms with Crippen LogP contribution in [-0.4, -0.2) is 73.9 Å². The summed E-state index contributed by atoms with van der Waals surface area (Å²) in [5.41, 5.74) is 9.07.